The second-order valence-corrected chi connectivity index (χ2v) is 7.35. The van der Waals surface area contributed by atoms with Gasteiger partial charge in [-0.1, -0.05) is 32.6 Å². The lowest BCUT2D eigenvalue weighted by molar-refractivity contribution is 0.430. The highest BCUT2D eigenvalue weighted by Crippen LogP contribution is 2.29. The number of halogens is 1. The second kappa shape index (κ2) is 5.61. The predicted octanol–water partition coefficient (Wildman–Crippen LogP) is 3.27. The van der Waals surface area contributed by atoms with Gasteiger partial charge in [0.2, 0.25) is 0 Å². The Morgan fingerprint density at radius 2 is 1.94 bits per heavy atom. The first-order valence-corrected chi connectivity index (χ1v) is 8.85. The molecule has 0 unspecified atom stereocenters. The summed E-state index contributed by atoms with van der Waals surface area (Å²) in [6.45, 7) is 1.99. The number of aromatic nitrogens is 2. The molecule has 1 fully saturated rings. The Kier molecular flexibility index (Phi) is 4.33. The first-order valence-electron chi connectivity index (χ1n) is 6.54. The van der Waals surface area contributed by atoms with Crippen LogP contribution in [0.4, 0.5) is 0 Å². The topological polar surface area (TPSA) is 52.0 Å². The second-order valence-electron chi connectivity index (χ2n) is 4.84. The van der Waals surface area contributed by atoms with E-state index in [9.17, 15) is 8.42 Å². The van der Waals surface area contributed by atoms with Crippen molar-refractivity contribution in [3.63, 3.8) is 0 Å². The van der Waals surface area contributed by atoms with Gasteiger partial charge in [0.25, 0.3) is 9.05 Å². The molecule has 0 amide bonds. The molecular formula is C12H19ClN2O2S. The van der Waals surface area contributed by atoms with Crippen LogP contribution in [0.15, 0.2) is 11.2 Å². The average Bonchev–Trinajstić information content (AvgIpc) is 2.57. The third-order valence-electron chi connectivity index (χ3n) is 3.57. The Bertz CT molecular complexity index is 502. The zero-order valence-corrected chi connectivity index (χ0v) is 12.2. The quantitative estimate of drug-likeness (QED) is 0.634. The van der Waals surface area contributed by atoms with Gasteiger partial charge in [0, 0.05) is 29.3 Å². The summed E-state index contributed by atoms with van der Waals surface area (Å²) in [6.07, 6.45) is 9.49. The lowest BCUT2D eigenvalue weighted by atomic mass is 10.1. The maximum absolute atomic E-state index is 11.4. The summed E-state index contributed by atoms with van der Waals surface area (Å²) in [5.74, 6) is 0.820. The Morgan fingerprint density at radius 1 is 1.33 bits per heavy atom. The molecule has 0 saturated heterocycles. The van der Waals surface area contributed by atoms with Crippen LogP contribution >= 0.6 is 10.7 Å². The molecule has 0 N–H and O–H groups in total. The predicted molar refractivity (Wildman–Crippen MR) is 71.4 cm³/mol. The molecule has 0 aliphatic heterocycles. The van der Waals surface area contributed by atoms with E-state index in [-0.39, 0.29) is 5.03 Å². The smallest absolute Gasteiger partial charge is 0.280 e. The van der Waals surface area contributed by atoms with Crippen LogP contribution in [-0.4, -0.2) is 18.0 Å². The van der Waals surface area contributed by atoms with Crippen molar-refractivity contribution < 1.29 is 8.42 Å². The minimum absolute atomic E-state index is 0.00902. The summed E-state index contributed by atoms with van der Waals surface area (Å²) in [5, 5.41) is -0.00902. The van der Waals surface area contributed by atoms with Crippen LogP contribution in [0.5, 0.6) is 0 Å². The first kappa shape index (κ1) is 13.9. The van der Waals surface area contributed by atoms with Crippen molar-refractivity contribution >= 4 is 19.7 Å². The molecule has 1 aliphatic rings. The molecule has 1 heterocycles. The Hall–Kier alpha value is -0.550. The van der Waals surface area contributed by atoms with Crippen LogP contribution in [0.1, 0.15) is 57.3 Å². The van der Waals surface area contributed by atoms with E-state index in [0.717, 1.165) is 25.1 Å². The standard InChI is InChI=1S/C12H19ClN2O2S/c1-2-11-14-12(18(13,16)17)9-15(11)10-7-5-3-4-6-8-10/h9-10H,2-8H2,1H3. The zero-order chi connectivity index (χ0) is 13.2. The van der Waals surface area contributed by atoms with Crippen molar-refractivity contribution in [2.75, 3.05) is 0 Å². The summed E-state index contributed by atoms with van der Waals surface area (Å²) < 4.78 is 24.7. The van der Waals surface area contributed by atoms with Crippen LogP contribution in [0, 0.1) is 0 Å². The molecular weight excluding hydrogens is 272 g/mol. The summed E-state index contributed by atoms with van der Waals surface area (Å²) in [4.78, 5) is 4.15. The van der Waals surface area contributed by atoms with E-state index in [1.165, 1.54) is 25.7 Å². The summed E-state index contributed by atoms with van der Waals surface area (Å²) in [5.41, 5.74) is 0. The van der Waals surface area contributed by atoms with E-state index in [0.29, 0.717) is 6.04 Å². The molecule has 1 aromatic heterocycles. The van der Waals surface area contributed by atoms with Crippen molar-refractivity contribution in [2.24, 2.45) is 0 Å². The van der Waals surface area contributed by atoms with Gasteiger partial charge in [0.05, 0.1) is 0 Å². The average molecular weight is 291 g/mol. The fourth-order valence-corrected chi connectivity index (χ4v) is 3.32. The molecule has 4 nitrogen and oxygen atoms in total. The lowest BCUT2D eigenvalue weighted by Gasteiger charge is -2.18. The minimum Gasteiger partial charge on any atom is -0.330 e. The summed E-state index contributed by atoms with van der Waals surface area (Å²) in [7, 11) is 1.65. The van der Waals surface area contributed by atoms with Crippen LogP contribution in [0.2, 0.25) is 0 Å². The van der Waals surface area contributed by atoms with Gasteiger partial charge in [0.1, 0.15) is 5.82 Å². The number of imidazole rings is 1. The zero-order valence-electron chi connectivity index (χ0n) is 10.6. The normalized spacial score (nSPS) is 18.8. The highest BCUT2D eigenvalue weighted by atomic mass is 35.7. The highest BCUT2D eigenvalue weighted by Gasteiger charge is 2.22. The number of hydrogen-bond acceptors (Lipinski definition) is 3. The summed E-state index contributed by atoms with van der Waals surface area (Å²) >= 11 is 0. The van der Waals surface area contributed by atoms with Crippen molar-refractivity contribution in [3.8, 4) is 0 Å². The van der Waals surface area contributed by atoms with Gasteiger partial charge in [-0.2, -0.15) is 0 Å². The van der Waals surface area contributed by atoms with E-state index in [4.69, 9.17) is 10.7 Å². The lowest BCUT2D eigenvalue weighted by Crippen LogP contribution is -2.10. The molecule has 0 aromatic carbocycles. The van der Waals surface area contributed by atoms with Crippen LogP contribution in [-0.2, 0) is 15.5 Å². The van der Waals surface area contributed by atoms with Gasteiger partial charge in [-0.3, -0.25) is 0 Å². The maximum Gasteiger partial charge on any atom is 0.280 e. The molecule has 0 spiro atoms. The van der Waals surface area contributed by atoms with E-state index in [2.05, 4.69) is 4.98 Å². The third kappa shape index (κ3) is 3.06. The van der Waals surface area contributed by atoms with E-state index < -0.39 is 9.05 Å². The van der Waals surface area contributed by atoms with Crippen molar-refractivity contribution in [3.05, 3.63) is 12.0 Å². The van der Waals surface area contributed by atoms with Crippen LogP contribution < -0.4 is 0 Å². The van der Waals surface area contributed by atoms with Gasteiger partial charge >= 0.3 is 0 Å². The largest absolute Gasteiger partial charge is 0.330 e. The van der Waals surface area contributed by atoms with Crippen LogP contribution in [0.25, 0.3) is 0 Å². The molecule has 102 valence electrons. The van der Waals surface area contributed by atoms with E-state index in [1.807, 2.05) is 11.5 Å². The number of rotatable bonds is 3. The van der Waals surface area contributed by atoms with Gasteiger partial charge in [-0.05, 0) is 12.8 Å². The maximum atomic E-state index is 11.4. The Morgan fingerprint density at radius 3 is 2.44 bits per heavy atom. The molecule has 0 atom stereocenters. The monoisotopic (exact) mass is 290 g/mol. The highest BCUT2D eigenvalue weighted by molar-refractivity contribution is 8.13. The summed E-state index contributed by atoms with van der Waals surface area (Å²) in [6, 6.07) is 0.377. The molecule has 2 rings (SSSR count). The Labute approximate surface area is 113 Å². The van der Waals surface area contributed by atoms with E-state index >= 15 is 0 Å². The van der Waals surface area contributed by atoms with Crippen molar-refractivity contribution in [1.82, 2.24) is 9.55 Å². The van der Waals surface area contributed by atoms with Gasteiger partial charge in [0.15, 0.2) is 5.03 Å². The fourth-order valence-electron chi connectivity index (χ4n) is 2.64. The van der Waals surface area contributed by atoms with Gasteiger partial charge in [-0.15, -0.1) is 0 Å². The van der Waals surface area contributed by atoms with Gasteiger partial charge < -0.3 is 4.57 Å². The van der Waals surface area contributed by atoms with E-state index in [1.54, 1.807) is 6.20 Å². The SMILES string of the molecule is CCc1nc(S(=O)(=O)Cl)cn1C1CCCCCC1. The molecule has 1 saturated carbocycles. The molecule has 0 bridgehead atoms. The molecule has 1 aromatic rings. The molecule has 18 heavy (non-hydrogen) atoms. The third-order valence-corrected chi connectivity index (χ3v) is 4.74. The molecule has 1 aliphatic carbocycles. The minimum atomic E-state index is -3.72. The first-order chi connectivity index (χ1) is 8.52. The fraction of sp³-hybridized carbons (Fsp3) is 0.750. The number of hydrogen-bond donors (Lipinski definition) is 0. The molecule has 0 radical (unpaired) electrons. The number of aryl methyl sites for hydroxylation is 1. The number of nitrogens with zero attached hydrogens (tertiary/aromatic N) is 2. The van der Waals surface area contributed by atoms with Crippen molar-refractivity contribution in [2.45, 2.75) is 62.9 Å². The Balaban J connectivity index is 2.33. The molecule has 6 heteroatoms. The van der Waals surface area contributed by atoms with Crippen molar-refractivity contribution in [1.29, 1.82) is 0 Å². The van der Waals surface area contributed by atoms with Gasteiger partial charge in [-0.25, -0.2) is 13.4 Å². The van der Waals surface area contributed by atoms with Crippen LogP contribution in [0.3, 0.4) is 0 Å².